The number of rotatable bonds is 17. The summed E-state index contributed by atoms with van der Waals surface area (Å²) in [5.74, 6) is 1.79. The normalized spacial score (nSPS) is 22.2. The fraction of sp³-hybridized carbons (Fsp3) is 0.448. The lowest BCUT2D eigenvalue weighted by molar-refractivity contribution is -0.384. The van der Waals surface area contributed by atoms with Gasteiger partial charge in [0.1, 0.15) is 28.6 Å². The van der Waals surface area contributed by atoms with Gasteiger partial charge in [-0.15, -0.1) is 0 Å². The first-order valence-electron chi connectivity index (χ1n) is 26.6. The van der Waals surface area contributed by atoms with E-state index in [0.29, 0.717) is 48.7 Å². The van der Waals surface area contributed by atoms with Crippen LogP contribution in [0.5, 0.6) is 17.2 Å². The molecule has 1 spiro atoms. The van der Waals surface area contributed by atoms with Crippen molar-refractivity contribution in [1.29, 1.82) is 0 Å². The summed E-state index contributed by atoms with van der Waals surface area (Å²) in [4.78, 5) is 40.5. The molecule has 5 fully saturated rings. The van der Waals surface area contributed by atoms with Gasteiger partial charge < -0.3 is 29.8 Å². The zero-order valence-electron chi connectivity index (χ0n) is 43.3. The number of nitro benzene ring substituents is 1. The molecule has 75 heavy (non-hydrogen) atoms. The summed E-state index contributed by atoms with van der Waals surface area (Å²) in [7, 11) is -2.80. The van der Waals surface area contributed by atoms with Crippen LogP contribution in [0.1, 0.15) is 123 Å². The second-order valence-corrected chi connectivity index (χ2v) is 24.3. The number of nitrogens with one attached hydrogen (secondary N) is 3. The molecule has 2 aliphatic heterocycles. The van der Waals surface area contributed by atoms with Crippen LogP contribution < -0.4 is 24.4 Å². The van der Waals surface area contributed by atoms with Crippen molar-refractivity contribution in [2.75, 3.05) is 56.6 Å². The molecular formula is C58H68N8O8S. The number of H-pyrrole nitrogens is 1. The van der Waals surface area contributed by atoms with Crippen molar-refractivity contribution < 1.29 is 32.7 Å². The predicted octanol–water partition coefficient (Wildman–Crippen LogP) is 10.3. The third-order valence-corrected chi connectivity index (χ3v) is 18.0. The number of methoxy groups -OCH3 is 1. The molecule has 3 aliphatic carbocycles. The van der Waals surface area contributed by atoms with Crippen molar-refractivity contribution in [3.8, 4) is 17.2 Å². The van der Waals surface area contributed by atoms with Crippen LogP contribution in [0, 0.1) is 21.4 Å². The number of carbonyl (C=O) groups is 1. The molecule has 16 nitrogen and oxygen atoms in total. The number of amides is 1. The highest BCUT2D eigenvalue weighted by molar-refractivity contribution is 7.90. The van der Waals surface area contributed by atoms with Crippen LogP contribution in [0.3, 0.4) is 0 Å². The number of piperazine rings is 1. The van der Waals surface area contributed by atoms with Gasteiger partial charge in [-0.1, -0.05) is 50.2 Å². The smallest absolute Gasteiger partial charge is 0.293 e. The Bertz CT molecular complexity index is 3220. The predicted molar refractivity (Wildman–Crippen MR) is 289 cm³/mol. The van der Waals surface area contributed by atoms with E-state index in [4.69, 9.17) is 9.47 Å². The van der Waals surface area contributed by atoms with Crippen LogP contribution in [0.4, 0.5) is 17.1 Å². The number of nitrogens with zero attached hydrogens (tertiary/aromatic N) is 5. The van der Waals surface area contributed by atoms with E-state index in [-0.39, 0.29) is 34.4 Å². The first-order valence-corrected chi connectivity index (χ1v) is 28.1. The average Bonchev–Trinajstić information content (AvgIpc) is 4.11. The van der Waals surface area contributed by atoms with E-state index >= 15 is 0 Å². The first-order chi connectivity index (χ1) is 36.0. The summed E-state index contributed by atoms with van der Waals surface area (Å²) in [5.41, 5.74) is 6.08. The van der Waals surface area contributed by atoms with Crippen LogP contribution in [-0.2, 0) is 16.6 Å². The van der Waals surface area contributed by atoms with Gasteiger partial charge in [0.05, 0.1) is 34.3 Å². The Morgan fingerprint density at radius 2 is 1.73 bits per heavy atom. The highest BCUT2D eigenvalue weighted by atomic mass is 32.2. The number of benzene rings is 4. The second-order valence-electron chi connectivity index (χ2n) is 22.6. The van der Waals surface area contributed by atoms with Gasteiger partial charge in [0, 0.05) is 92.7 Å². The van der Waals surface area contributed by atoms with E-state index in [1.54, 1.807) is 37.7 Å². The summed E-state index contributed by atoms with van der Waals surface area (Å²) in [6.45, 7) is 12.3. The lowest BCUT2D eigenvalue weighted by Gasteiger charge is -2.63. The fourth-order valence-corrected chi connectivity index (χ4v) is 13.3. The molecule has 0 radical (unpaired) electrons. The van der Waals surface area contributed by atoms with Gasteiger partial charge in [-0.2, -0.15) is 0 Å². The van der Waals surface area contributed by atoms with E-state index in [1.165, 1.54) is 47.2 Å². The largest absolute Gasteiger partial charge is 0.496 e. The third kappa shape index (κ3) is 10.7. The summed E-state index contributed by atoms with van der Waals surface area (Å²) < 4.78 is 42.1. The number of aliphatic hydroxyl groups is 1. The molecule has 11 rings (SSSR count). The Hall–Kier alpha value is -6.53. The maximum atomic E-state index is 14.1. The minimum atomic E-state index is -4.59. The highest BCUT2D eigenvalue weighted by Gasteiger charge is 2.55. The minimum Gasteiger partial charge on any atom is -0.496 e. The Morgan fingerprint density at radius 1 is 0.947 bits per heavy atom. The monoisotopic (exact) mass is 1040 g/mol. The number of anilines is 2. The minimum absolute atomic E-state index is 0.0315. The standard InChI is InChI=1S/C58H68N8O8S/c1-37(2)46-7-5-6-8-48(46)52-34-63(33-39-9-14-47(40-10-11-40)53(25-39)73-4)23-24-65(52)43-29-58(30-43)35-64(36-58)42-12-15-49(54(27-42)74-44-26-41-19-22-59-55(41)61-32-44)56(67)62-75(71,72)45-13-16-50(51(28-45)66(69)70)60-31-38-17-20-57(3,68)21-18-38/h5-9,12-16,19,22,25-28,32,37-38,40,43,52,60,68H,10-11,17-18,20-21,23-24,29-31,33-36H2,1-4H3,(H,59,61)(H,62,67)/t38?,52-,57?/m0/s1. The number of hydrogen-bond acceptors (Lipinski definition) is 13. The van der Waals surface area contributed by atoms with Crippen LogP contribution >= 0.6 is 0 Å². The number of aromatic nitrogens is 2. The van der Waals surface area contributed by atoms with Crippen molar-refractivity contribution in [3.05, 3.63) is 141 Å². The number of ether oxygens (including phenoxy) is 2. The Labute approximate surface area is 439 Å². The van der Waals surface area contributed by atoms with Crippen molar-refractivity contribution in [2.45, 2.75) is 113 Å². The molecule has 394 valence electrons. The Morgan fingerprint density at radius 3 is 2.48 bits per heavy atom. The Kier molecular flexibility index (Phi) is 13.6. The van der Waals surface area contributed by atoms with Crippen molar-refractivity contribution in [1.82, 2.24) is 24.5 Å². The number of fused-ring (bicyclic) bond motifs is 1. The molecule has 17 heteroatoms. The van der Waals surface area contributed by atoms with Crippen LogP contribution in [-0.4, -0.2) is 102 Å². The van der Waals surface area contributed by atoms with Crippen molar-refractivity contribution in [2.24, 2.45) is 11.3 Å². The van der Waals surface area contributed by atoms with Gasteiger partial charge >= 0.3 is 0 Å². The summed E-state index contributed by atoms with van der Waals surface area (Å²) in [6.07, 6.45) is 10.7. The number of sulfonamides is 1. The molecule has 2 saturated heterocycles. The quantitative estimate of drug-likeness (QED) is 0.0498. The molecule has 3 saturated carbocycles. The van der Waals surface area contributed by atoms with E-state index in [9.17, 15) is 28.4 Å². The molecule has 1 amide bonds. The zero-order valence-corrected chi connectivity index (χ0v) is 44.1. The van der Waals surface area contributed by atoms with Gasteiger partial charge in [-0.25, -0.2) is 18.1 Å². The summed E-state index contributed by atoms with van der Waals surface area (Å²) in [5, 5.41) is 26.5. The molecule has 5 aliphatic rings. The van der Waals surface area contributed by atoms with Gasteiger partial charge in [0.2, 0.25) is 0 Å². The Balaban J connectivity index is 0.785. The fourth-order valence-electron chi connectivity index (χ4n) is 12.3. The van der Waals surface area contributed by atoms with E-state index in [2.05, 4.69) is 91.0 Å². The molecule has 2 aromatic heterocycles. The molecule has 0 bridgehead atoms. The maximum Gasteiger partial charge on any atom is 0.293 e. The van der Waals surface area contributed by atoms with Crippen molar-refractivity contribution >= 4 is 44.0 Å². The number of aromatic amines is 1. The molecule has 1 atom stereocenters. The van der Waals surface area contributed by atoms with Crippen LogP contribution in [0.2, 0.25) is 0 Å². The number of pyridine rings is 1. The van der Waals surface area contributed by atoms with Gasteiger partial charge in [-0.05, 0) is 141 Å². The molecular weight excluding hydrogens is 969 g/mol. The number of hydrogen-bond donors (Lipinski definition) is 4. The van der Waals surface area contributed by atoms with Crippen molar-refractivity contribution in [3.63, 3.8) is 0 Å². The van der Waals surface area contributed by atoms with E-state index in [0.717, 1.165) is 87.8 Å². The average molecular weight is 1040 g/mol. The molecule has 4 N–H and O–H groups in total. The van der Waals surface area contributed by atoms with Crippen LogP contribution in [0.25, 0.3) is 11.0 Å². The zero-order chi connectivity index (χ0) is 52.2. The lowest BCUT2D eigenvalue weighted by atomic mass is 9.59. The molecule has 0 unspecified atom stereocenters. The van der Waals surface area contributed by atoms with Gasteiger partial charge in [0.15, 0.2) is 0 Å². The van der Waals surface area contributed by atoms with E-state index < -0.39 is 37.0 Å². The second kappa shape index (κ2) is 20.2. The highest BCUT2D eigenvalue weighted by Crippen LogP contribution is 2.54. The SMILES string of the molecule is COc1cc(CN2CCN(C3CC4(C3)CN(c3ccc(C(=O)NS(=O)(=O)c5ccc(NCC6CCC(C)(O)CC6)c([N+](=O)[O-])c5)c(Oc5cnc6[nH]ccc6c5)c3)C4)[C@H](c3ccccc3C(C)C)C2)ccc1C1CC1. The summed E-state index contributed by atoms with van der Waals surface area (Å²) in [6, 6.07) is 28.9. The van der Waals surface area contributed by atoms with E-state index in [1.807, 2.05) is 19.1 Å². The maximum absolute atomic E-state index is 14.1. The van der Waals surface area contributed by atoms with Gasteiger partial charge in [0.25, 0.3) is 21.6 Å². The lowest BCUT2D eigenvalue weighted by Crippen LogP contribution is -2.68. The molecule has 4 heterocycles. The number of nitro groups is 1. The number of carbonyl (C=O) groups excluding carboxylic acids is 1. The molecule has 4 aromatic carbocycles. The first kappa shape index (κ1) is 50.6. The third-order valence-electron chi connectivity index (χ3n) is 16.7. The summed E-state index contributed by atoms with van der Waals surface area (Å²) >= 11 is 0. The topological polar surface area (TPSA) is 195 Å². The molecule has 6 aromatic rings. The van der Waals surface area contributed by atoms with Gasteiger partial charge in [-0.3, -0.25) is 24.7 Å². The van der Waals surface area contributed by atoms with Crippen LogP contribution in [0.15, 0.2) is 108 Å².